The van der Waals surface area contributed by atoms with Crippen molar-refractivity contribution >= 4 is 17.2 Å². The Morgan fingerprint density at radius 2 is 2.11 bits per heavy atom. The van der Waals surface area contributed by atoms with Crippen LogP contribution >= 0.6 is 11.3 Å². The lowest BCUT2D eigenvalue weighted by Crippen LogP contribution is -2.32. The van der Waals surface area contributed by atoms with Crippen LogP contribution in [0.5, 0.6) is 5.75 Å². The first-order chi connectivity index (χ1) is 13.0. The summed E-state index contributed by atoms with van der Waals surface area (Å²) in [5.74, 6) is 0.436. The zero-order chi connectivity index (χ0) is 19.4. The van der Waals surface area contributed by atoms with Crippen molar-refractivity contribution in [3.63, 3.8) is 0 Å². The maximum atomic E-state index is 12.1. The number of aryl methyl sites for hydroxylation is 1. The average molecular weight is 386 g/mol. The Morgan fingerprint density at radius 1 is 1.30 bits per heavy atom. The summed E-state index contributed by atoms with van der Waals surface area (Å²) < 4.78 is 5.21. The first-order valence-corrected chi connectivity index (χ1v) is 8.96. The van der Waals surface area contributed by atoms with Gasteiger partial charge in [0, 0.05) is 27.9 Å². The molecule has 0 fully saturated rings. The highest BCUT2D eigenvalue weighted by molar-refractivity contribution is 7.15. The zero-order valence-corrected chi connectivity index (χ0v) is 15.6. The molecule has 3 N–H and O–H groups in total. The van der Waals surface area contributed by atoms with E-state index in [-0.39, 0.29) is 17.9 Å². The lowest BCUT2D eigenvalue weighted by molar-refractivity contribution is -0.120. The van der Waals surface area contributed by atoms with Crippen molar-refractivity contribution < 1.29 is 9.53 Å². The van der Waals surface area contributed by atoms with Crippen LogP contribution in [0, 0.1) is 6.92 Å². The molecule has 0 saturated heterocycles. The molecule has 1 aromatic carbocycles. The number of methoxy groups -OCH3 is 1. The van der Waals surface area contributed by atoms with E-state index >= 15 is 0 Å². The number of aromatic nitrogens is 3. The first kappa shape index (κ1) is 18.6. The van der Waals surface area contributed by atoms with E-state index in [9.17, 15) is 14.4 Å². The Kier molecular flexibility index (Phi) is 5.51. The number of carbonyl (C=O) groups is 1. The monoisotopic (exact) mass is 386 g/mol. The molecule has 9 heteroatoms. The molecule has 0 bridgehead atoms. The molecule has 3 rings (SSSR count). The van der Waals surface area contributed by atoms with Crippen LogP contribution < -0.4 is 21.3 Å². The molecule has 2 heterocycles. The van der Waals surface area contributed by atoms with Crippen molar-refractivity contribution in [1.29, 1.82) is 0 Å². The van der Waals surface area contributed by atoms with Crippen LogP contribution in [-0.4, -0.2) is 28.0 Å². The second-order valence-electron chi connectivity index (χ2n) is 5.83. The van der Waals surface area contributed by atoms with Crippen LogP contribution in [0.3, 0.4) is 0 Å². The van der Waals surface area contributed by atoms with E-state index in [0.717, 1.165) is 21.2 Å². The molecule has 140 valence electrons. The third kappa shape index (κ3) is 4.50. The van der Waals surface area contributed by atoms with Crippen LogP contribution in [0.15, 0.2) is 40.1 Å². The predicted octanol–water partition coefficient (Wildman–Crippen LogP) is 1.36. The molecule has 0 aliphatic rings. The second-order valence-corrected chi connectivity index (χ2v) is 6.94. The molecule has 0 saturated carbocycles. The number of hydrogen-bond acceptors (Lipinski definition) is 6. The molecular weight excluding hydrogens is 368 g/mol. The van der Waals surface area contributed by atoms with Crippen molar-refractivity contribution in [2.75, 3.05) is 7.11 Å². The number of aromatic amines is 2. The lowest BCUT2D eigenvalue weighted by atomic mass is 10.1. The van der Waals surface area contributed by atoms with Crippen LogP contribution in [0.25, 0.3) is 10.6 Å². The molecule has 8 nitrogen and oxygen atoms in total. The molecule has 0 aliphatic heterocycles. The number of carbonyl (C=O) groups excluding carboxylic acids is 1. The quantitative estimate of drug-likeness (QED) is 0.591. The van der Waals surface area contributed by atoms with Gasteiger partial charge in [0.1, 0.15) is 10.8 Å². The number of rotatable bonds is 6. The van der Waals surface area contributed by atoms with Gasteiger partial charge >= 0.3 is 5.69 Å². The molecule has 0 spiro atoms. The van der Waals surface area contributed by atoms with Crippen molar-refractivity contribution in [1.82, 2.24) is 20.3 Å². The molecule has 1 amide bonds. The smallest absolute Gasteiger partial charge is 0.325 e. The summed E-state index contributed by atoms with van der Waals surface area (Å²) in [5, 5.41) is 3.59. The normalized spacial score (nSPS) is 10.6. The number of ether oxygens (including phenoxy) is 1. The van der Waals surface area contributed by atoms with Crippen LogP contribution in [0.4, 0.5) is 0 Å². The molecular formula is C18H18N4O4S. The van der Waals surface area contributed by atoms with Gasteiger partial charge in [0.05, 0.1) is 20.1 Å². The topological polar surface area (TPSA) is 117 Å². The van der Waals surface area contributed by atoms with E-state index in [1.54, 1.807) is 20.2 Å². The fourth-order valence-electron chi connectivity index (χ4n) is 2.53. The van der Waals surface area contributed by atoms with Gasteiger partial charge in [-0.15, -0.1) is 11.3 Å². The minimum atomic E-state index is -0.587. The third-order valence-corrected chi connectivity index (χ3v) is 4.97. The Bertz CT molecular complexity index is 1080. The van der Waals surface area contributed by atoms with Gasteiger partial charge in [-0.05, 0) is 19.1 Å². The standard InChI is InChI=1S/C18H18N4O4S/c1-10-14(16(24)22-18(25)21-10)7-15(23)19-8-13-9-20-17(27-13)11-4-3-5-12(6-11)26-2/h3-6,9H,7-8H2,1-2H3,(H,19,23)(H2,21,22,24,25). The van der Waals surface area contributed by atoms with Gasteiger partial charge in [-0.2, -0.15) is 0 Å². The largest absolute Gasteiger partial charge is 0.497 e. The summed E-state index contributed by atoms with van der Waals surface area (Å²) in [5.41, 5.74) is 0.429. The van der Waals surface area contributed by atoms with Crippen LogP contribution in [0.2, 0.25) is 0 Å². The van der Waals surface area contributed by atoms with E-state index in [2.05, 4.69) is 20.3 Å². The van der Waals surface area contributed by atoms with Crippen LogP contribution in [-0.2, 0) is 17.8 Å². The van der Waals surface area contributed by atoms with Gasteiger partial charge in [-0.3, -0.25) is 14.6 Å². The highest BCUT2D eigenvalue weighted by atomic mass is 32.1. The van der Waals surface area contributed by atoms with Gasteiger partial charge in [-0.1, -0.05) is 12.1 Å². The summed E-state index contributed by atoms with van der Waals surface area (Å²) >= 11 is 1.46. The number of thiazole rings is 1. The van der Waals surface area contributed by atoms with E-state index < -0.39 is 11.2 Å². The van der Waals surface area contributed by atoms with E-state index in [4.69, 9.17) is 4.74 Å². The van der Waals surface area contributed by atoms with Gasteiger partial charge in [-0.25, -0.2) is 9.78 Å². The summed E-state index contributed by atoms with van der Waals surface area (Å²) in [4.78, 5) is 45.0. The molecule has 0 radical (unpaired) electrons. The second kappa shape index (κ2) is 8.00. The number of nitrogens with zero attached hydrogens (tertiary/aromatic N) is 1. The van der Waals surface area contributed by atoms with E-state index in [0.29, 0.717) is 12.2 Å². The maximum Gasteiger partial charge on any atom is 0.325 e. The Morgan fingerprint density at radius 3 is 2.85 bits per heavy atom. The first-order valence-electron chi connectivity index (χ1n) is 8.14. The molecule has 0 unspecified atom stereocenters. The molecule has 2 aromatic heterocycles. The highest BCUT2D eigenvalue weighted by Crippen LogP contribution is 2.27. The van der Waals surface area contributed by atoms with Crippen molar-refractivity contribution in [3.05, 3.63) is 67.4 Å². The van der Waals surface area contributed by atoms with Gasteiger partial charge < -0.3 is 15.0 Å². The van der Waals surface area contributed by atoms with Gasteiger partial charge in [0.2, 0.25) is 5.91 Å². The fourth-order valence-corrected chi connectivity index (χ4v) is 3.37. The molecule has 3 aromatic rings. The fraction of sp³-hybridized carbons (Fsp3) is 0.222. The average Bonchev–Trinajstić information content (AvgIpc) is 3.12. The minimum Gasteiger partial charge on any atom is -0.497 e. The van der Waals surface area contributed by atoms with Gasteiger partial charge in [0.15, 0.2) is 0 Å². The number of hydrogen-bond donors (Lipinski definition) is 3. The van der Waals surface area contributed by atoms with Gasteiger partial charge in [0.25, 0.3) is 5.56 Å². The maximum absolute atomic E-state index is 12.1. The predicted molar refractivity (Wildman–Crippen MR) is 102 cm³/mol. The summed E-state index contributed by atoms with van der Waals surface area (Å²) in [6, 6.07) is 7.58. The summed E-state index contributed by atoms with van der Waals surface area (Å²) in [6.07, 6.45) is 1.59. The van der Waals surface area contributed by atoms with Crippen molar-refractivity contribution in [2.24, 2.45) is 0 Å². The Hall–Kier alpha value is -3.20. The number of nitrogens with one attached hydrogen (secondary N) is 3. The third-order valence-electron chi connectivity index (χ3n) is 3.92. The van der Waals surface area contributed by atoms with Crippen molar-refractivity contribution in [3.8, 4) is 16.3 Å². The molecule has 27 heavy (non-hydrogen) atoms. The minimum absolute atomic E-state index is 0.112. The number of H-pyrrole nitrogens is 2. The molecule has 0 aliphatic carbocycles. The highest BCUT2D eigenvalue weighted by Gasteiger charge is 2.12. The Balaban J connectivity index is 1.64. The van der Waals surface area contributed by atoms with E-state index in [1.807, 2.05) is 24.3 Å². The van der Waals surface area contributed by atoms with E-state index in [1.165, 1.54) is 11.3 Å². The SMILES string of the molecule is COc1cccc(-c2ncc(CNC(=O)Cc3c(C)[nH]c(=O)[nH]c3=O)s2)c1. The number of amides is 1. The van der Waals surface area contributed by atoms with Crippen molar-refractivity contribution in [2.45, 2.75) is 19.9 Å². The van der Waals surface area contributed by atoms with Crippen LogP contribution in [0.1, 0.15) is 16.1 Å². The zero-order valence-electron chi connectivity index (χ0n) is 14.8. The Labute approximate surface area is 158 Å². The summed E-state index contributed by atoms with van der Waals surface area (Å²) in [6.45, 7) is 1.89. The number of benzene rings is 1. The molecule has 0 atom stereocenters. The lowest BCUT2D eigenvalue weighted by Gasteiger charge is -2.05. The summed E-state index contributed by atoms with van der Waals surface area (Å²) in [7, 11) is 1.61.